The fourth-order valence-corrected chi connectivity index (χ4v) is 2.94. The van der Waals surface area contributed by atoms with Gasteiger partial charge in [-0.1, -0.05) is 13.8 Å². The first-order valence-corrected chi connectivity index (χ1v) is 7.01. The molecule has 2 rings (SSSR count). The lowest BCUT2D eigenvalue weighted by molar-refractivity contribution is -0.394. The minimum Gasteiger partial charge on any atom is -0.338 e. The van der Waals surface area contributed by atoms with Crippen molar-refractivity contribution in [3.05, 3.63) is 44.0 Å². The number of likely N-dealkylation sites (tertiary alicyclic amines) is 1. The third-order valence-corrected chi connectivity index (χ3v) is 3.73. The Morgan fingerprint density at radius 1 is 1.05 bits per heavy atom. The van der Waals surface area contributed by atoms with Crippen molar-refractivity contribution in [1.82, 2.24) is 4.90 Å². The summed E-state index contributed by atoms with van der Waals surface area (Å²) in [6.45, 7) is 5.18. The number of amides is 1. The average Bonchev–Trinajstić information content (AvgIpc) is 2.44. The number of nitro benzene ring substituents is 2. The van der Waals surface area contributed by atoms with Gasteiger partial charge in [-0.05, 0) is 18.3 Å². The molecule has 2 atom stereocenters. The summed E-state index contributed by atoms with van der Waals surface area (Å²) in [5.41, 5.74) is -0.909. The monoisotopic (exact) mass is 307 g/mol. The molecule has 0 bridgehead atoms. The number of benzene rings is 1. The van der Waals surface area contributed by atoms with Crippen molar-refractivity contribution in [1.29, 1.82) is 0 Å². The fraction of sp³-hybridized carbons (Fsp3) is 0.500. The number of hydrogen-bond donors (Lipinski definition) is 0. The molecule has 8 heteroatoms. The van der Waals surface area contributed by atoms with Gasteiger partial charge in [0.25, 0.3) is 17.3 Å². The van der Waals surface area contributed by atoms with Gasteiger partial charge in [-0.25, -0.2) is 0 Å². The van der Waals surface area contributed by atoms with Crippen LogP contribution in [-0.2, 0) is 0 Å². The molecule has 1 aliphatic heterocycles. The molecule has 0 saturated carbocycles. The van der Waals surface area contributed by atoms with E-state index in [2.05, 4.69) is 0 Å². The number of nitro groups is 2. The number of rotatable bonds is 3. The molecule has 0 spiro atoms. The van der Waals surface area contributed by atoms with Crippen molar-refractivity contribution in [3.8, 4) is 0 Å². The van der Waals surface area contributed by atoms with E-state index >= 15 is 0 Å². The van der Waals surface area contributed by atoms with Crippen LogP contribution in [0.2, 0.25) is 0 Å². The summed E-state index contributed by atoms with van der Waals surface area (Å²) >= 11 is 0. The molecule has 0 N–H and O–H groups in total. The van der Waals surface area contributed by atoms with E-state index in [1.807, 2.05) is 13.8 Å². The second-order valence-corrected chi connectivity index (χ2v) is 5.91. The lowest BCUT2D eigenvalue weighted by Crippen LogP contribution is -2.42. The Hall–Kier alpha value is -2.51. The zero-order valence-corrected chi connectivity index (χ0v) is 12.4. The SMILES string of the molecule is C[C@@H]1C[C@H](C)CN(C(=O)c2cc([N+](=O)[O-])cc([N+](=O)[O-])c2)C1. The molecule has 0 unspecified atom stereocenters. The van der Waals surface area contributed by atoms with E-state index in [4.69, 9.17) is 0 Å². The van der Waals surface area contributed by atoms with Crippen LogP contribution < -0.4 is 0 Å². The molecule has 0 radical (unpaired) electrons. The largest absolute Gasteiger partial charge is 0.338 e. The Morgan fingerprint density at radius 3 is 1.91 bits per heavy atom. The smallest absolute Gasteiger partial charge is 0.277 e. The quantitative estimate of drug-likeness (QED) is 0.630. The van der Waals surface area contributed by atoms with Crippen LogP contribution in [0.3, 0.4) is 0 Å². The summed E-state index contributed by atoms with van der Waals surface area (Å²) < 4.78 is 0. The van der Waals surface area contributed by atoms with E-state index in [0.29, 0.717) is 24.9 Å². The Bertz CT molecular complexity index is 589. The van der Waals surface area contributed by atoms with Crippen molar-refractivity contribution in [2.45, 2.75) is 20.3 Å². The van der Waals surface area contributed by atoms with E-state index < -0.39 is 27.1 Å². The predicted molar refractivity (Wildman–Crippen MR) is 78.6 cm³/mol. The van der Waals surface area contributed by atoms with Gasteiger partial charge < -0.3 is 4.90 Å². The Morgan fingerprint density at radius 2 is 1.50 bits per heavy atom. The molecule has 1 fully saturated rings. The molecule has 0 aliphatic carbocycles. The molecule has 22 heavy (non-hydrogen) atoms. The van der Waals surface area contributed by atoms with Crippen LogP contribution in [-0.4, -0.2) is 33.7 Å². The summed E-state index contributed by atoms with van der Waals surface area (Å²) in [5.74, 6) is 0.271. The minimum atomic E-state index is -0.731. The van der Waals surface area contributed by atoms with Gasteiger partial charge in [-0.2, -0.15) is 0 Å². The highest BCUT2D eigenvalue weighted by Gasteiger charge is 2.28. The zero-order valence-electron chi connectivity index (χ0n) is 12.4. The lowest BCUT2D eigenvalue weighted by atomic mass is 9.91. The van der Waals surface area contributed by atoms with E-state index in [1.165, 1.54) is 0 Å². The zero-order chi connectivity index (χ0) is 16.4. The van der Waals surface area contributed by atoms with Gasteiger partial charge in [0.1, 0.15) is 0 Å². The third-order valence-electron chi connectivity index (χ3n) is 3.73. The maximum atomic E-state index is 12.5. The van der Waals surface area contributed by atoms with Gasteiger partial charge in [0.15, 0.2) is 0 Å². The summed E-state index contributed by atoms with van der Waals surface area (Å²) in [6, 6.07) is 3.05. The van der Waals surface area contributed by atoms with Crippen molar-refractivity contribution in [2.75, 3.05) is 13.1 Å². The van der Waals surface area contributed by atoms with Crippen molar-refractivity contribution in [2.24, 2.45) is 11.8 Å². The highest BCUT2D eigenvalue weighted by molar-refractivity contribution is 5.95. The topological polar surface area (TPSA) is 107 Å². The van der Waals surface area contributed by atoms with Gasteiger partial charge in [0.05, 0.1) is 21.5 Å². The molecule has 118 valence electrons. The van der Waals surface area contributed by atoms with E-state index in [9.17, 15) is 25.0 Å². The summed E-state index contributed by atoms with van der Waals surface area (Å²) in [5, 5.41) is 21.8. The van der Waals surface area contributed by atoms with Crippen molar-refractivity contribution >= 4 is 17.3 Å². The first-order chi connectivity index (χ1) is 10.3. The fourth-order valence-electron chi connectivity index (χ4n) is 2.94. The van der Waals surface area contributed by atoms with Crippen molar-refractivity contribution < 1.29 is 14.6 Å². The van der Waals surface area contributed by atoms with Gasteiger partial charge in [0.2, 0.25) is 0 Å². The molecular formula is C14H17N3O5. The number of carbonyl (C=O) groups is 1. The standard InChI is InChI=1S/C14H17N3O5/c1-9-3-10(2)8-15(7-9)14(18)11-4-12(16(19)20)6-13(5-11)17(21)22/h4-6,9-10H,3,7-8H2,1-2H3/t9-,10+. The Labute approximate surface area is 127 Å². The first-order valence-electron chi connectivity index (χ1n) is 7.01. The number of carbonyl (C=O) groups excluding carboxylic acids is 1. The van der Waals surface area contributed by atoms with E-state index in [-0.39, 0.29) is 5.56 Å². The molecule has 1 aromatic rings. The van der Waals surface area contributed by atoms with E-state index in [1.54, 1.807) is 4.90 Å². The lowest BCUT2D eigenvalue weighted by Gasteiger charge is -2.35. The van der Waals surface area contributed by atoms with Gasteiger partial charge in [-0.3, -0.25) is 25.0 Å². The van der Waals surface area contributed by atoms with Crippen LogP contribution >= 0.6 is 0 Å². The maximum absolute atomic E-state index is 12.5. The number of piperidine rings is 1. The molecule has 1 aromatic carbocycles. The molecule has 1 amide bonds. The average molecular weight is 307 g/mol. The molecule has 1 aliphatic rings. The second kappa shape index (κ2) is 6.08. The Kier molecular flexibility index (Phi) is 4.39. The summed E-state index contributed by atoms with van der Waals surface area (Å²) in [7, 11) is 0. The van der Waals surface area contributed by atoms with Crippen molar-refractivity contribution in [3.63, 3.8) is 0 Å². The molecule has 8 nitrogen and oxygen atoms in total. The highest BCUT2D eigenvalue weighted by Crippen LogP contribution is 2.26. The van der Waals surface area contributed by atoms with Crippen LogP contribution in [0, 0.1) is 32.1 Å². The molecular weight excluding hydrogens is 290 g/mol. The van der Waals surface area contributed by atoms with Crippen LogP contribution in [0.1, 0.15) is 30.6 Å². The van der Waals surface area contributed by atoms with Gasteiger partial charge in [0, 0.05) is 25.2 Å². The predicted octanol–water partition coefficient (Wildman–Crippen LogP) is 2.62. The van der Waals surface area contributed by atoms with Crippen LogP contribution in [0.5, 0.6) is 0 Å². The Balaban J connectivity index is 2.36. The third kappa shape index (κ3) is 3.38. The number of nitrogens with zero attached hydrogens (tertiary/aromatic N) is 3. The maximum Gasteiger partial charge on any atom is 0.277 e. The van der Waals surface area contributed by atoms with Crippen LogP contribution in [0.15, 0.2) is 18.2 Å². The molecule has 0 aromatic heterocycles. The second-order valence-electron chi connectivity index (χ2n) is 5.91. The normalized spacial score (nSPS) is 21.5. The summed E-state index contributed by atoms with van der Waals surface area (Å²) in [6.07, 6.45) is 1.01. The van der Waals surface area contributed by atoms with Crippen LogP contribution in [0.4, 0.5) is 11.4 Å². The first kappa shape index (κ1) is 15.9. The minimum absolute atomic E-state index is 0.0119. The van der Waals surface area contributed by atoms with Gasteiger partial charge in [-0.15, -0.1) is 0 Å². The molecule has 1 saturated heterocycles. The summed E-state index contributed by atoms with van der Waals surface area (Å²) in [4.78, 5) is 34.5. The number of non-ortho nitro benzene ring substituents is 2. The molecule has 1 heterocycles. The van der Waals surface area contributed by atoms with E-state index in [0.717, 1.165) is 24.6 Å². The number of hydrogen-bond acceptors (Lipinski definition) is 5. The van der Waals surface area contributed by atoms with Gasteiger partial charge >= 0.3 is 0 Å². The highest BCUT2D eigenvalue weighted by atomic mass is 16.6. The van der Waals surface area contributed by atoms with Crippen LogP contribution in [0.25, 0.3) is 0 Å².